The first-order valence-electron chi connectivity index (χ1n) is 6.09. The third-order valence-corrected chi connectivity index (χ3v) is 3.88. The van der Waals surface area contributed by atoms with Crippen molar-refractivity contribution in [3.63, 3.8) is 0 Å². The lowest BCUT2D eigenvalue weighted by Gasteiger charge is -2.51. The molecule has 0 saturated heterocycles. The highest BCUT2D eigenvalue weighted by Gasteiger charge is 2.50. The van der Waals surface area contributed by atoms with Crippen molar-refractivity contribution in [3.8, 4) is 0 Å². The minimum absolute atomic E-state index is 0.00710. The summed E-state index contributed by atoms with van der Waals surface area (Å²) in [5.74, 6) is 0.805. The van der Waals surface area contributed by atoms with Gasteiger partial charge in [-0.1, -0.05) is 13.8 Å². The van der Waals surface area contributed by atoms with Gasteiger partial charge in [0.25, 0.3) is 0 Å². The molecular weight excluding hydrogens is 204 g/mol. The lowest BCUT2D eigenvalue weighted by atomic mass is 9.52. The van der Waals surface area contributed by atoms with Crippen LogP contribution in [0.1, 0.15) is 47.5 Å². The number of aliphatic hydroxyl groups excluding tert-OH is 1. The van der Waals surface area contributed by atoms with E-state index in [2.05, 4.69) is 13.8 Å². The molecule has 1 saturated carbocycles. The van der Waals surface area contributed by atoms with Gasteiger partial charge in [-0.2, -0.15) is 0 Å². The third kappa shape index (κ3) is 2.83. The molecule has 16 heavy (non-hydrogen) atoms. The molecule has 0 aromatic rings. The summed E-state index contributed by atoms with van der Waals surface area (Å²) in [6.07, 6.45) is 0.870. The van der Waals surface area contributed by atoms with Crippen molar-refractivity contribution in [2.75, 3.05) is 0 Å². The second-order valence-electron chi connectivity index (χ2n) is 5.79. The number of ketones is 1. The monoisotopic (exact) mass is 228 g/mol. The fourth-order valence-electron chi connectivity index (χ4n) is 2.72. The highest BCUT2D eigenvalue weighted by molar-refractivity contribution is 5.80. The van der Waals surface area contributed by atoms with Crippen molar-refractivity contribution in [1.82, 2.24) is 0 Å². The van der Waals surface area contributed by atoms with Gasteiger partial charge in [-0.15, -0.1) is 0 Å². The van der Waals surface area contributed by atoms with Gasteiger partial charge in [0.15, 0.2) is 6.29 Å². The van der Waals surface area contributed by atoms with Gasteiger partial charge in [0.2, 0.25) is 0 Å². The highest BCUT2D eigenvalue weighted by Crippen LogP contribution is 2.53. The van der Waals surface area contributed by atoms with Crippen LogP contribution in [0.25, 0.3) is 0 Å². The molecule has 1 aliphatic rings. The van der Waals surface area contributed by atoms with Crippen molar-refractivity contribution >= 4 is 5.78 Å². The molecule has 0 radical (unpaired) electrons. The second kappa shape index (κ2) is 4.84. The maximum absolute atomic E-state index is 11.4. The average Bonchev–Trinajstić information content (AvgIpc) is 2.09. The second-order valence-corrected chi connectivity index (χ2v) is 5.79. The number of aliphatic hydroxyl groups is 1. The largest absolute Gasteiger partial charge is 0.368 e. The fraction of sp³-hybridized carbons (Fsp3) is 0.923. The Kier molecular flexibility index (Phi) is 4.13. The Hall–Kier alpha value is -0.410. The Morgan fingerprint density at radius 3 is 2.44 bits per heavy atom. The van der Waals surface area contributed by atoms with Crippen LogP contribution < -0.4 is 0 Å². The zero-order valence-corrected chi connectivity index (χ0v) is 11.0. The molecule has 0 aliphatic heterocycles. The van der Waals surface area contributed by atoms with E-state index in [-0.39, 0.29) is 23.2 Å². The summed E-state index contributed by atoms with van der Waals surface area (Å²) in [7, 11) is 0. The van der Waals surface area contributed by atoms with Crippen molar-refractivity contribution in [3.05, 3.63) is 0 Å². The average molecular weight is 228 g/mol. The molecular formula is C13H24O3. The van der Waals surface area contributed by atoms with E-state index in [4.69, 9.17) is 4.74 Å². The molecule has 1 fully saturated rings. The first-order chi connectivity index (χ1) is 7.25. The maximum Gasteiger partial charge on any atom is 0.155 e. The van der Waals surface area contributed by atoms with E-state index in [1.54, 1.807) is 6.92 Å². The zero-order valence-electron chi connectivity index (χ0n) is 11.0. The molecule has 0 aromatic heterocycles. The summed E-state index contributed by atoms with van der Waals surface area (Å²) in [6, 6.07) is 0. The van der Waals surface area contributed by atoms with Gasteiger partial charge in [-0.3, -0.25) is 4.79 Å². The Morgan fingerprint density at radius 1 is 1.50 bits per heavy atom. The smallest absolute Gasteiger partial charge is 0.155 e. The third-order valence-electron chi connectivity index (χ3n) is 3.88. The predicted molar refractivity (Wildman–Crippen MR) is 62.9 cm³/mol. The van der Waals surface area contributed by atoms with E-state index >= 15 is 0 Å². The fourth-order valence-corrected chi connectivity index (χ4v) is 2.72. The number of carbonyl (C=O) groups excluding carboxylic acids is 1. The van der Waals surface area contributed by atoms with E-state index < -0.39 is 6.29 Å². The molecule has 94 valence electrons. The summed E-state index contributed by atoms with van der Waals surface area (Å²) in [5, 5.41) is 9.70. The Labute approximate surface area is 98.2 Å². The number of carbonyl (C=O) groups is 1. The number of rotatable bonds is 5. The molecule has 1 rings (SSSR count). The molecule has 3 nitrogen and oxygen atoms in total. The van der Waals surface area contributed by atoms with Crippen LogP contribution in [-0.2, 0) is 9.53 Å². The molecule has 0 aromatic carbocycles. The first-order valence-corrected chi connectivity index (χ1v) is 6.09. The quantitative estimate of drug-likeness (QED) is 0.735. The summed E-state index contributed by atoms with van der Waals surface area (Å²) >= 11 is 0. The minimum Gasteiger partial charge on any atom is -0.368 e. The topological polar surface area (TPSA) is 46.5 Å². The molecule has 3 atom stereocenters. The van der Waals surface area contributed by atoms with Gasteiger partial charge in [-0.25, -0.2) is 0 Å². The van der Waals surface area contributed by atoms with Crippen LogP contribution in [0.2, 0.25) is 0 Å². The van der Waals surface area contributed by atoms with E-state index in [0.717, 1.165) is 6.42 Å². The Bertz CT molecular complexity index is 258. The standard InChI is InChI=1S/C13H24O3/c1-8(2)16-12(15)7-10-6-11(9(3)14)13(10,4)5/h8,10-12,15H,6-7H2,1-5H3. The Balaban J connectivity index is 2.44. The molecule has 0 amide bonds. The maximum atomic E-state index is 11.4. The molecule has 0 bridgehead atoms. The summed E-state index contributed by atoms with van der Waals surface area (Å²) in [4.78, 5) is 11.4. The lowest BCUT2D eigenvalue weighted by Crippen LogP contribution is -2.49. The normalized spacial score (nSPS) is 29.9. The van der Waals surface area contributed by atoms with Crippen LogP contribution in [0, 0.1) is 17.3 Å². The number of ether oxygens (including phenoxy) is 1. The van der Waals surface area contributed by atoms with Gasteiger partial charge in [0.1, 0.15) is 5.78 Å². The number of Topliss-reactive ketones (excluding diaryl/α,β-unsaturated/α-hetero) is 1. The number of hydrogen-bond donors (Lipinski definition) is 1. The van der Waals surface area contributed by atoms with E-state index in [0.29, 0.717) is 12.3 Å². The summed E-state index contributed by atoms with van der Waals surface area (Å²) in [5.41, 5.74) is 0.00710. The SMILES string of the molecule is CC(=O)C1CC(CC(O)OC(C)C)C1(C)C. The van der Waals surface area contributed by atoms with Crippen molar-refractivity contribution < 1.29 is 14.6 Å². The van der Waals surface area contributed by atoms with Crippen LogP contribution in [-0.4, -0.2) is 23.3 Å². The van der Waals surface area contributed by atoms with Crippen LogP contribution in [0.3, 0.4) is 0 Å². The highest BCUT2D eigenvalue weighted by atomic mass is 16.6. The minimum atomic E-state index is -0.697. The molecule has 0 spiro atoms. The predicted octanol–water partition coefficient (Wildman–Crippen LogP) is 2.37. The first kappa shape index (κ1) is 13.7. The molecule has 1 N–H and O–H groups in total. The zero-order chi connectivity index (χ0) is 12.5. The summed E-state index contributed by atoms with van der Waals surface area (Å²) in [6.45, 7) is 9.69. The molecule has 3 unspecified atom stereocenters. The molecule has 1 aliphatic carbocycles. The van der Waals surface area contributed by atoms with E-state index in [9.17, 15) is 9.90 Å². The van der Waals surface area contributed by atoms with Crippen molar-refractivity contribution in [2.24, 2.45) is 17.3 Å². The van der Waals surface area contributed by atoms with Crippen molar-refractivity contribution in [1.29, 1.82) is 0 Å². The molecule has 3 heteroatoms. The van der Waals surface area contributed by atoms with Crippen LogP contribution in [0.15, 0.2) is 0 Å². The van der Waals surface area contributed by atoms with Crippen LogP contribution in [0.4, 0.5) is 0 Å². The van der Waals surface area contributed by atoms with Gasteiger partial charge >= 0.3 is 0 Å². The van der Waals surface area contributed by atoms with E-state index in [1.807, 2.05) is 13.8 Å². The number of hydrogen-bond acceptors (Lipinski definition) is 3. The summed E-state index contributed by atoms with van der Waals surface area (Å²) < 4.78 is 5.32. The van der Waals surface area contributed by atoms with Crippen LogP contribution >= 0.6 is 0 Å². The van der Waals surface area contributed by atoms with E-state index in [1.165, 1.54) is 0 Å². The van der Waals surface area contributed by atoms with Gasteiger partial charge in [0.05, 0.1) is 6.10 Å². The van der Waals surface area contributed by atoms with Crippen molar-refractivity contribution in [2.45, 2.75) is 59.9 Å². The Morgan fingerprint density at radius 2 is 2.06 bits per heavy atom. The van der Waals surface area contributed by atoms with Crippen LogP contribution in [0.5, 0.6) is 0 Å². The lowest BCUT2D eigenvalue weighted by molar-refractivity contribution is -0.167. The molecule has 0 heterocycles. The van der Waals surface area contributed by atoms with Gasteiger partial charge in [-0.05, 0) is 38.5 Å². The van der Waals surface area contributed by atoms with Gasteiger partial charge < -0.3 is 9.84 Å². The van der Waals surface area contributed by atoms with Gasteiger partial charge in [0, 0.05) is 12.3 Å².